The summed E-state index contributed by atoms with van der Waals surface area (Å²) in [4.78, 5) is 14.6. The molecule has 19 heavy (non-hydrogen) atoms. The minimum Gasteiger partial charge on any atom is -0.495 e. The first kappa shape index (κ1) is 12.7. The maximum atomic E-state index is 12.4. The number of halogens is 1. The van der Waals surface area contributed by atoms with Crippen LogP contribution in [0.5, 0.6) is 5.75 Å². The van der Waals surface area contributed by atoms with Gasteiger partial charge in [-0.15, -0.1) is 11.3 Å². The van der Waals surface area contributed by atoms with Gasteiger partial charge in [0.25, 0.3) is 0 Å². The molecule has 0 saturated heterocycles. The predicted octanol–water partition coefficient (Wildman–Crippen LogP) is 4.13. The quantitative estimate of drug-likeness (QED) is 0.795. The molecule has 0 atom stereocenters. The maximum absolute atomic E-state index is 12.4. The van der Waals surface area contributed by atoms with Crippen molar-refractivity contribution in [2.45, 2.75) is 19.3 Å². The average Bonchev–Trinajstić information content (AvgIpc) is 2.98. The normalized spacial score (nSPS) is 13.4. The van der Waals surface area contributed by atoms with Crippen LogP contribution in [0.4, 0.5) is 0 Å². The lowest BCUT2D eigenvalue weighted by molar-refractivity contribution is 0.104. The van der Waals surface area contributed by atoms with Crippen LogP contribution >= 0.6 is 22.9 Å². The van der Waals surface area contributed by atoms with E-state index in [0.717, 1.165) is 17.7 Å². The number of hydrogen-bond donors (Lipinski definition) is 0. The molecule has 1 aromatic heterocycles. The molecular weight excluding hydrogens is 280 g/mol. The lowest BCUT2D eigenvalue weighted by atomic mass is 10.1. The summed E-state index contributed by atoms with van der Waals surface area (Å²) in [5.41, 5.74) is 1.96. The van der Waals surface area contributed by atoms with E-state index >= 15 is 0 Å². The Morgan fingerprint density at radius 1 is 1.32 bits per heavy atom. The summed E-state index contributed by atoms with van der Waals surface area (Å²) in [6, 6.07) is 7.20. The Morgan fingerprint density at radius 3 is 2.84 bits per heavy atom. The summed E-state index contributed by atoms with van der Waals surface area (Å²) in [6.07, 6.45) is 3.42. The van der Waals surface area contributed by atoms with Gasteiger partial charge in [0.2, 0.25) is 5.78 Å². The van der Waals surface area contributed by atoms with Gasteiger partial charge >= 0.3 is 0 Å². The van der Waals surface area contributed by atoms with E-state index in [2.05, 4.69) is 0 Å². The van der Waals surface area contributed by atoms with E-state index in [9.17, 15) is 4.79 Å². The van der Waals surface area contributed by atoms with Gasteiger partial charge in [0.15, 0.2) is 0 Å². The highest BCUT2D eigenvalue weighted by molar-refractivity contribution is 7.14. The van der Waals surface area contributed by atoms with Crippen molar-refractivity contribution in [3.05, 3.63) is 50.2 Å². The molecule has 0 unspecified atom stereocenters. The third kappa shape index (κ3) is 2.28. The molecule has 3 rings (SSSR count). The van der Waals surface area contributed by atoms with Gasteiger partial charge in [-0.2, -0.15) is 0 Å². The smallest absolute Gasteiger partial charge is 0.203 e. The van der Waals surface area contributed by atoms with Gasteiger partial charge in [-0.3, -0.25) is 4.79 Å². The van der Waals surface area contributed by atoms with Crippen molar-refractivity contribution in [3.63, 3.8) is 0 Å². The molecule has 98 valence electrons. The van der Waals surface area contributed by atoms with Crippen LogP contribution < -0.4 is 4.74 Å². The van der Waals surface area contributed by atoms with Crippen LogP contribution in [-0.4, -0.2) is 12.9 Å². The molecule has 0 N–H and O–H groups in total. The summed E-state index contributed by atoms with van der Waals surface area (Å²) in [6.45, 7) is 0. The Morgan fingerprint density at radius 2 is 2.16 bits per heavy atom. The Bertz CT molecular complexity index is 624. The number of aryl methyl sites for hydroxylation is 2. The number of carbonyl (C=O) groups is 1. The largest absolute Gasteiger partial charge is 0.495 e. The van der Waals surface area contributed by atoms with Crippen LogP contribution in [0.1, 0.15) is 32.1 Å². The number of fused-ring (bicyclic) bond motifs is 1. The van der Waals surface area contributed by atoms with E-state index in [1.54, 1.807) is 36.6 Å². The number of ether oxygens (including phenoxy) is 1. The van der Waals surface area contributed by atoms with E-state index < -0.39 is 0 Å². The molecule has 2 nitrogen and oxygen atoms in total. The summed E-state index contributed by atoms with van der Waals surface area (Å²) < 4.78 is 5.09. The second-order valence-electron chi connectivity index (χ2n) is 4.59. The number of thiophene rings is 1. The molecule has 0 amide bonds. The zero-order valence-electron chi connectivity index (χ0n) is 10.5. The fourth-order valence-electron chi connectivity index (χ4n) is 2.39. The Labute approximate surface area is 121 Å². The zero-order chi connectivity index (χ0) is 13.4. The third-order valence-electron chi connectivity index (χ3n) is 3.38. The van der Waals surface area contributed by atoms with Gasteiger partial charge in [-0.1, -0.05) is 11.6 Å². The van der Waals surface area contributed by atoms with E-state index in [1.165, 1.54) is 16.9 Å². The number of rotatable bonds is 3. The van der Waals surface area contributed by atoms with Gasteiger partial charge in [-0.05, 0) is 49.1 Å². The summed E-state index contributed by atoms with van der Waals surface area (Å²) >= 11 is 7.68. The maximum Gasteiger partial charge on any atom is 0.203 e. The molecule has 0 radical (unpaired) electrons. The number of carbonyl (C=O) groups excluding carboxylic acids is 1. The van der Waals surface area contributed by atoms with Crippen molar-refractivity contribution in [1.29, 1.82) is 0 Å². The first-order valence-corrected chi connectivity index (χ1v) is 7.38. The van der Waals surface area contributed by atoms with Crippen LogP contribution in [0, 0.1) is 0 Å². The van der Waals surface area contributed by atoms with Crippen molar-refractivity contribution < 1.29 is 9.53 Å². The van der Waals surface area contributed by atoms with Crippen molar-refractivity contribution in [1.82, 2.24) is 0 Å². The first-order chi connectivity index (χ1) is 9.19. The standard InChI is InChI=1S/C15H13ClO2S/c1-18-12-6-5-10(7-11(12)16)15(17)14-8-9-3-2-4-13(9)19-14/h5-8H,2-4H2,1H3. The van der Waals surface area contributed by atoms with E-state index in [-0.39, 0.29) is 5.78 Å². The van der Waals surface area contributed by atoms with Crippen LogP contribution in [-0.2, 0) is 12.8 Å². The molecular formula is C15H13ClO2S. The molecule has 1 aliphatic rings. The van der Waals surface area contributed by atoms with Gasteiger partial charge < -0.3 is 4.74 Å². The molecule has 1 heterocycles. The fourth-order valence-corrected chi connectivity index (χ4v) is 3.86. The minimum atomic E-state index is 0.0453. The van der Waals surface area contributed by atoms with Crippen molar-refractivity contribution in [2.75, 3.05) is 7.11 Å². The first-order valence-electron chi connectivity index (χ1n) is 6.19. The topological polar surface area (TPSA) is 26.3 Å². The lowest BCUT2D eigenvalue weighted by Gasteiger charge is -2.04. The van der Waals surface area contributed by atoms with Crippen LogP contribution in [0.3, 0.4) is 0 Å². The van der Waals surface area contributed by atoms with Crippen LogP contribution in [0.2, 0.25) is 5.02 Å². The van der Waals surface area contributed by atoms with E-state index in [0.29, 0.717) is 16.3 Å². The lowest BCUT2D eigenvalue weighted by Crippen LogP contribution is -1.99. The second kappa shape index (κ2) is 4.99. The second-order valence-corrected chi connectivity index (χ2v) is 6.14. The predicted molar refractivity (Wildman–Crippen MR) is 77.8 cm³/mol. The summed E-state index contributed by atoms with van der Waals surface area (Å²) in [7, 11) is 1.56. The number of methoxy groups -OCH3 is 1. The molecule has 0 fully saturated rings. The number of ketones is 1. The average molecular weight is 293 g/mol. The van der Waals surface area contributed by atoms with Crippen molar-refractivity contribution >= 4 is 28.7 Å². The Kier molecular flexibility index (Phi) is 3.33. The zero-order valence-corrected chi connectivity index (χ0v) is 12.1. The molecule has 4 heteroatoms. The highest BCUT2D eigenvalue weighted by Crippen LogP contribution is 2.33. The molecule has 2 aromatic rings. The van der Waals surface area contributed by atoms with Gasteiger partial charge in [0.05, 0.1) is 17.0 Å². The molecule has 0 spiro atoms. The number of benzene rings is 1. The summed E-state index contributed by atoms with van der Waals surface area (Å²) in [5, 5.41) is 0.470. The van der Waals surface area contributed by atoms with Crippen molar-refractivity contribution in [2.24, 2.45) is 0 Å². The SMILES string of the molecule is COc1ccc(C(=O)c2cc3c(s2)CCC3)cc1Cl. The summed E-state index contributed by atoms with van der Waals surface area (Å²) in [5.74, 6) is 0.635. The van der Waals surface area contributed by atoms with E-state index in [1.807, 2.05) is 6.07 Å². The minimum absolute atomic E-state index is 0.0453. The Balaban J connectivity index is 1.92. The fraction of sp³-hybridized carbons (Fsp3) is 0.267. The third-order valence-corrected chi connectivity index (χ3v) is 4.92. The molecule has 0 saturated carbocycles. The number of hydrogen-bond acceptors (Lipinski definition) is 3. The van der Waals surface area contributed by atoms with Crippen LogP contribution in [0.15, 0.2) is 24.3 Å². The van der Waals surface area contributed by atoms with Gasteiger partial charge in [0.1, 0.15) is 5.75 Å². The van der Waals surface area contributed by atoms with E-state index in [4.69, 9.17) is 16.3 Å². The van der Waals surface area contributed by atoms with Gasteiger partial charge in [0, 0.05) is 10.4 Å². The molecule has 0 bridgehead atoms. The van der Waals surface area contributed by atoms with Crippen LogP contribution in [0.25, 0.3) is 0 Å². The van der Waals surface area contributed by atoms with Crippen molar-refractivity contribution in [3.8, 4) is 5.75 Å². The van der Waals surface area contributed by atoms with Gasteiger partial charge in [-0.25, -0.2) is 0 Å². The molecule has 0 aliphatic heterocycles. The molecule has 1 aromatic carbocycles. The Hall–Kier alpha value is -1.32. The highest BCUT2D eigenvalue weighted by Gasteiger charge is 2.19. The highest BCUT2D eigenvalue weighted by atomic mass is 35.5. The monoisotopic (exact) mass is 292 g/mol. The molecule has 1 aliphatic carbocycles.